The van der Waals surface area contributed by atoms with Crippen LogP contribution in [0, 0.1) is 10.6 Å². The van der Waals surface area contributed by atoms with E-state index in [1.165, 1.54) is 30.5 Å². The summed E-state index contributed by atoms with van der Waals surface area (Å²) >= 11 is 4.85. The molecule has 0 radical (unpaired) electrons. The average molecular weight is 250 g/mol. The molecule has 0 unspecified atom stereocenters. The molecule has 1 N–H and O–H groups in total. The van der Waals surface area contributed by atoms with Crippen molar-refractivity contribution in [3.8, 4) is 0 Å². The molecule has 0 amide bonds. The van der Waals surface area contributed by atoms with Crippen LogP contribution in [0.4, 0.5) is 4.39 Å². The zero-order chi connectivity index (χ0) is 12.3. The number of rotatable bonds is 2. The Hall–Kier alpha value is -2.15. The number of nitrogens with one attached hydrogen (secondary N) is 1. The molecule has 0 aliphatic rings. The van der Waals surface area contributed by atoms with Crippen molar-refractivity contribution in [2.24, 2.45) is 5.10 Å². The first-order valence-corrected chi connectivity index (χ1v) is 5.04. The number of aromatic amines is 1. The van der Waals surface area contributed by atoms with Crippen LogP contribution in [0.1, 0.15) is 5.56 Å². The Kier molecular flexibility index (Phi) is 3.20. The molecular weight excluding hydrogens is 243 g/mol. The highest BCUT2D eigenvalue weighted by atomic mass is 32.1. The maximum Gasteiger partial charge on any atom is 0.293 e. The molecule has 1 aromatic carbocycles. The van der Waals surface area contributed by atoms with Crippen LogP contribution in [-0.4, -0.2) is 21.1 Å². The van der Waals surface area contributed by atoms with Crippen molar-refractivity contribution < 1.29 is 4.39 Å². The average Bonchev–Trinajstić information content (AvgIpc) is 2.31. The molecule has 0 bridgehead atoms. The van der Waals surface area contributed by atoms with E-state index in [-0.39, 0.29) is 10.6 Å². The molecule has 1 aromatic heterocycles. The molecule has 0 aliphatic carbocycles. The predicted molar refractivity (Wildman–Crippen MR) is 63.1 cm³/mol. The topological polar surface area (TPSA) is 63.0 Å². The molecule has 86 valence electrons. The fraction of sp³-hybridized carbons (Fsp3) is 0. The lowest BCUT2D eigenvalue weighted by molar-refractivity contribution is 0.628. The van der Waals surface area contributed by atoms with Gasteiger partial charge in [-0.25, -0.2) is 4.39 Å². The third-order valence-electron chi connectivity index (χ3n) is 1.93. The second-order valence-electron chi connectivity index (χ2n) is 3.12. The minimum Gasteiger partial charge on any atom is -0.265 e. The summed E-state index contributed by atoms with van der Waals surface area (Å²) in [5.41, 5.74) is 0.219. The van der Waals surface area contributed by atoms with Crippen LogP contribution in [-0.2, 0) is 0 Å². The van der Waals surface area contributed by atoms with Crippen molar-refractivity contribution in [3.05, 3.63) is 57.0 Å². The van der Waals surface area contributed by atoms with E-state index in [4.69, 9.17) is 12.2 Å². The number of hydrogen-bond acceptors (Lipinski definition) is 4. The Morgan fingerprint density at radius 2 is 2.12 bits per heavy atom. The largest absolute Gasteiger partial charge is 0.293 e. The highest BCUT2D eigenvalue weighted by Crippen LogP contribution is 1.99. The first kappa shape index (κ1) is 11.3. The zero-order valence-corrected chi connectivity index (χ0v) is 9.32. The van der Waals surface area contributed by atoms with Crippen LogP contribution in [0.5, 0.6) is 0 Å². The normalized spacial score (nSPS) is 10.9. The lowest BCUT2D eigenvalue weighted by Gasteiger charge is -1.96. The summed E-state index contributed by atoms with van der Waals surface area (Å²) in [4.78, 5) is 11.4. The van der Waals surface area contributed by atoms with Gasteiger partial charge in [0.15, 0.2) is 0 Å². The van der Waals surface area contributed by atoms with Gasteiger partial charge in [0.05, 0.1) is 6.21 Å². The summed E-state index contributed by atoms with van der Waals surface area (Å²) in [6, 6.07) is 5.68. The number of benzene rings is 1. The summed E-state index contributed by atoms with van der Waals surface area (Å²) < 4.78 is 13.7. The van der Waals surface area contributed by atoms with Gasteiger partial charge >= 0.3 is 0 Å². The highest BCUT2D eigenvalue weighted by molar-refractivity contribution is 7.71. The lowest BCUT2D eigenvalue weighted by atomic mass is 10.2. The molecule has 0 aliphatic heterocycles. The summed E-state index contributed by atoms with van der Waals surface area (Å²) in [5, 5.41) is 9.85. The van der Waals surface area contributed by atoms with Gasteiger partial charge in [-0.15, -0.1) is 0 Å². The van der Waals surface area contributed by atoms with E-state index in [0.717, 1.165) is 10.9 Å². The van der Waals surface area contributed by atoms with E-state index in [9.17, 15) is 9.18 Å². The van der Waals surface area contributed by atoms with Gasteiger partial charge in [-0.2, -0.15) is 14.9 Å². The molecule has 2 aromatic rings. The van der Waals surface area contributed by atoms with E-state index in [0.29, 0.717) is 5.56 Å². The molecule has 5 nitrogen and oxygen atoms in total. The summed E-state index contributed by atoms with van der Waals surface area (Å²) in [7, 11) is 0. The second-order valence-corrected chi connectivity index (χ2v) is 3.51. The van der Waals surface area contributed by atoms with Crippen molar-refractivity contribution in [3.63, 3.8) is 0 Å². The number of aromatic nitrogens is 3. The molecule has 0 saturated heterocycles. The molecular formula is C10H7FN4OS. The Bertz CT molecular complexity index is 631. The Labute approximate surface area is 100 Å². The van der Waals surface area contributed by atoms with Gasteiger partial charge in [0.25, 0.3) is 5.56 Å². The van der Waals surface area contributed by atoms with Crippen LogP contribution in [0.2, 0.25) is 0 Å². The minimum atomic E-state index is -0.438. The van der Waals surface area contributed by atoms with Crippen molar-refractivity contribution in [1.29, 1.82) is 0 Å². The third-order valence-corrected chi connectivity index (χ3v) is 2.19. The fourth-order valence-electron chi connectivity index (χ4n) is 1.13. The van der Waals surface area contributed by atoms with Gasteiger partial charge < -0.3 is 0 Å². The van der Waals surface area contributed by atoms with Crippen LogP contribution in [0.3, 0.4) is 0 Å². The minimum absolute atomic E-state index is 0.0934. The van der Waals surface area contributed by atoms with Gasteiger partial charge in [0.1, 0.15) is 12.0 Å². The molecule has 0 atom stereocenters. The maximum atomic E-state index is 12.6. The Balaban J connectivity index is 2.36. The van der Waals surface area contributed by atoms with E-state index in [1.807, 2.05) is 0 Å². The van der Waals surface area contributed by atoms with E-state index < -0.39 is 5.56 Å². The van der Waals surface area contributed by atoms with Gasteiger partial charge in [-0.1, -0.05) is 12.1 Å². The number of H-pyrrole nitrogens is 1. The van der Waals surface area contributed by atoms with Gasteiger partial charge in [0, 0.05) is 0 Å². The van der Waals surface area contributed by atoms with Crippen LogP contribution in [0.15, 0.2) is 40.4 Å². The predicted octanol–water partition coefficient (Wildman–Crippen LogP) is 1.32. The van der Waals surface area contributed by atoms with Crippen LogP contribution in [0.25, 0.3) is 0 Å². The van der Waals surface area contributed by atoms with Crippen molar-refractivity contribution >= 4 is 18.4 Å². The smallest absolute Gasteiger partial charge is 0.265 e. The quantitative estimate of drug-likeness (QED) is 0.646. The molecule has 7 heteroatoms. The zero-order valence-electron chi connectivity index (χ0n) is 8.50. The van der Waals surface area contributed by atoms with Crippen molar-refractivity contribution in [2.45, 2.75) is 0 Å². The third kappa shape index (κ3) is 2.70. The SMILES string of the molecule is O=c1cn[nH]c(=S)n1/N=C/c1ccc(F)cc1. The van der Waals surface area contributed by atoms with Crippen molar-refractivity contribution in [1.82, 2.24) is 14.9 Å². The number of hydrogen-bond donors (Lipinski definition) is 1. The molecule has 17 heavy (non-hydrogen) atoms. The Morgan fingerprint density at radius 3 is 2.76 bits per heavy atom. The summed E-state index contributed by atoms with van der Waals surface area (Å²) in [6.45, 7) is 0. The lowest BCUT2D eigenvalue weighted by Crippen LogP contribution is -2.18. The standard InChI is InChI=1S/C10H7FN4OS/c11-8-3-1-7(2-4-8)5-13-15-9(16)6-12-14-10(15)17/h1-6H,(H,14,17)/b13-5+. The van der Waals surface area contributed by atoms with Crippen molar-refractivity contribution in [2.75, 3.05) is 0 Å². The van der Waals surface area contributed by atoms with Gasteiger partial charge in [0.2, 0.25) is 4.77 Å². The second kappa shape index (κ2) is 4.79. The maximum absolute atomic E-state index is 12.6. The molecule has 0 fully saturated rings. The fourth-order valence-corrected chi connectivity index (χ4v) is 1.32. The first-order chi connectivity index (χ1) is 8.16. The van der Waals surface area contributed by atoms with Crippen LogP contribution >= 0.6 is 12.2 Å². The number of nitrogens with zero attached hydrogens (tertiary/aromatic N) is 3. The first-order valence-electron chi connectivity index (χ1n) is 4.63. The van der Waals surface area contributed by atoms with Gasteiger partial charge in [-0.05, 0) is 29.9 Å². The molecule has 2 rings (SSSR count). The molecule has 1 heterocycles. The van der Waals surface area contributed by atoms with E-state index in [2.05, 4.69) is 15.3 Å². The summed E-state index contributed by atoms with van der Waals surface area (Å²) in [6.07, 6.45) is 2.47. The monoisotopic (exact) mass is 250 g/mol. The number of halogens is 1. The Morgan fingerprint density at radius 1 is 1.41 bits per heavy atom. The summed E-state index contributed by atoms with van der Waals surface area (Å²) in [5.74, 6) is -0.333. The molecule has 0 saturated carbocycles. The van der Waals surface area contributed by atoms with Gasteiger partial charge in [-0.3, -0.25) is 9.89 Å². The molecule has 0 spiro atoms. The van der Waals surface area contributed by atoms with E-state index in [1.54, 1.807) is 0 Å². The van der Waals surface area contributed by atoms with E-state index >= 15 is 0 Å². The highest BCUT2D eigenvalue weighted by Gasteiger charge is 1.95. The van der Waals surface area contributed by atoms with Crippen LogP contribution < -0.4 is 5.56 Å².